The summed E-state index contributed by atoms with van der Waals surface area (Å²) in [6, 6.07) is 11.5. The lowest BCUT2D eigenvalue weighted by molar-refractivity contribution is 0.269. The van der Waals surface area contributed by atoms with Gasteiger partial charge in [0, 0.05) is 18.5 Å². The number of fused-ring (bicyclic) bond motifs is 3. The van der Waals surface area contributed by atoms with E-state index in [4.69, 9.17) is 4.74 Å². The summed E-state index contributed by atoms with van der Waals surface area (Å²) in [6.07, 6.45) is 0.946. The Labute approximate surface area is 158 Å². The van der Waals surface area contributed by atoms with Crippen LogP contribution in [0.2, 0.25) is 0 Å². The van der Waals surface area contributed by atoms with E-state index in [-0.39, 0.29) is 11.6 Å². The van der Waals surface area contributed by atoms with Gasteiger partial charge < -0.3 is 9.84 Å². The Morgan fingerprint density at radius 1 is 1.19 bits per heavy atom. The molecule has 0 bridgehead atoms. The van der Waals surface area contributed by atoms with Crippen LogP contribution in [0.15, 0.2) is 41.6 Å². The first-order chi connectivity index (χ1) is 13.2. The van der Waals surface area contributed by atoms with Gasteiger partial charge >= 0.3 is 0 Å². The molecule has 1 N–H and O–H groups in total. The topological polar surface area (TPSA) is 67.1 Å². The second-order valence-corrected chi connectivity index (χ2v) is 6.72. The third-order valence-electron chi connectivity index (χ3n) is 5.31. The smallest absolute Gasteiger partial charge is 0.227 e. The van der Waals surface area contributed by atoms with Crippen molar-refractivity contribution >= 4 is 16.6 Å². The standard InChI is InChI=1S/C21H23N3O3/c1-3-23-12-11-14-9-10-15-19(22-26)21(25)24(20(15)16(14)13-23)17-7-5-6-8-18(17)27-4-2/h5-10,25H,3-4,11-13H2,1-2H3. The molecule has 0 fully saturated rings. The Hall–Kier alpha value is -2.86. The average Bonchev–Trinajstić information content (AvgIpc) is 2.99. The van der Waals surface area contributed by atoms with E-state index >= 15 is 0 Å². The number of hydrogen-bond donors (Lipinski definition) is 1. The zero-order chi connectivity index (χ0) is 19.0. The van der Waals surface area contributed by atoms with Crippen molar-refractivity contribution in [1.29, 1.82) is 0 Å². The Morgan fingerprint density at radius 3 is 2.74 bits per heavy atom. The van der Waals surface area contributed by atoms with Crippen LogP contribution in [-0.4, -0.2) is 34.3 Å². The van der Waals surface area contributed by atoms with Crippen molar-refractivity contribution in [3.05, 3.63) is 52.4 Å². The maximum absolute atomic E-state index is 11.5. The molecule has 0 spiro atoms. The van der Waals surface area contributed by atoms with Crippen LogP contribution in [0.1, 0.15) is 25.0 Å². The number of nitroso groups, excluding NO2 is 1. The zero-order valence-electron chi connectivity index (χ0n) is 15.6. The minimum Gasteiger partial charge on any atom is -0.493 e. The third kappa shape index (κ3) is 2.77. The summed E-state index contributed by atoms with van der Waals surface area (Å²) in [5.41, 5.74) is 4.01. The van der Waals surface area contributed by atoms with Gasteiger partial charge in [0.2, 0.25) is 5.88 Å². The summed E-state index contributed by atoms with van der Waals surface area (Å²) in [4.78, 5) is 13.9. The minimum atomic E-state index is -0.144. The van der Waals surface area contributed by atoms with E-state index in [1.165, 1.54) is 5.56 Å². The molecule has 6 heteroatoms. The lowest BCUT2D eigenvalue weighted by Crippen LogP contribution is -2.30. The number of ether oxygens (including phenoxy) is 1. The van der Waals surface area contributed by atoms with Gasteiger partial charge in [-0.05, 0) is 48.3 Å². The van der Waals surface area contributed by atoms with Gasteiger partial charge in [-0.1, -0.05) is 31.2 Å². The summed E-state index contributed by atoms with van der Waals surface area (Å²) in [5, 5.41) is 14.7. The molecule has 6 nitrogen and oxygen atoms in total. The van der Waals surface area contributed by atoms with E-state index in [1.807, 2.05) is 37.3 Å². The summed E-state index contributed by atoms with van der Waals surface area (Å²) in [6.45, 7) is 7.32. The number of benzene rings is 2. The maximum Gasteiger partial charge on any atom is 0.227 e. The quantitative estimate of drug-likeness (QED) is 0.676. The first kappa shape index (κ1) is 17.5. The Balaban J connectivity index is 2.06. The fraction of sp³-hybridized carbons (Fsp3) is 0.333. The van der Waals surface area contributed by atoms with E-state index in [2.05, 4.69) is 23.1 Å². The number of hydrogen-bond acceptors (Lipinski definition) is 5. The van der Waals surface area contributed by atoms with E-state index in [0.29, 0.717) is 23.4 Å². The Kier molecular flexibility index (Phi) is 4.58. The van der Waals surface area contributed by atoms with E-state index in [1.54, 1.807) is 4.57 Å². The average molecular weight is 365 g/mol. The summed E-state index contributed by atoms with van der Waals surface area (Å²) >= 11 is 0. The summed E-state index contributed by atoms with van der Waals surface area (Å²) in [5.74, 6) is 0.514. The predicted octanol–water partition coefficient (Wildman–Crippen LogP) is 4.51. The zero-order valence-corrected chi connectivity index (χ0v) is 15.6. The number of likely N-dealkylation sites (N-methyl/N-ethyl adjacent to an activating group) is 1. The molecule has 0 saturated heterocycles. The second-order valence-electron chi connectivity index (χ2n) is 6.72. The normalized spacial score (nSPS) is 14.3. The van der Waals surface area contributed by atoms with Crippen molar-refractivity contribution in [1.82, 2.24) is 9.47 Å². The number of rotatable bonds is 5. The number of aromatic nitrogens is 1. The van der Waals surface area contributed by atoms with Gasteiger partial charge in [-0.3, -0.25) is 9.47 Å². The van der Waals surface area contributed by atoms with Gasteiger partial charge in [0.25, 0.3) is 0 Å². The maximum atomic E-state index is 11.5. The molecule has 0 amide bonds. The minimum absolute atomic E-state index is 0.0766. The van der Waals surface area contributed by atoms with Crippen molar-refractivity contribution in [2.24, 2.45) is 5.18 Å². The van der Waals surface area contributed by atoms with Gasteiger partial charge in [-0.2, -0.15) is 0 Å². The first-order valence-corrected chi connectivity index (χ1v) is 9.35. The largest absolute Gasteiger partial charge is 0.493 e. The van der Waals surface area contributed by atoms with Gasteiger partial charge in [-0.25, -0.2) is 0 Å². The fourth-order valence-electron chi connectivity index (χ4n) is 3.96. The molecule has 0 saturated carbocycles. The molecule has 27 heavy (non-hydrogen) atoms. The van der Waals surface area contributed by atoms with E-state index < -0.39 is 0 Å². The lowest BCUT2D eigenvalue weighted by atomic mass is 9.97. The highest BCUT2D eigenvalue weighted by molar-refractivity contribution is 5.99. The monoisotopic (exact) mass is 365 g/mol. The van der Waals surface area contributed by atoms with Crippen LogP contribution in [0.3, 0.4) is 0 Å². The molecular weight excluding hydrogens is 342 g/mol. The number of nitrogens with zero attached hydrogens (tertiary/aromatic N) is 3. The molecule has 1 aromatic heterocycles. The molecule has 1 aliphatic heterocycles. The summed E-state index contributed by atoms with van der Waals surface area (Å²) < 4.78 is 7.49. The molecule has 140 valence electrons. The van der Waals surface area contributed by atoms with E-state index in [9.17, 15) is 10.0 Å². The van der Waals surface area contributed by atoms with Crippen LogP contribution in [0, 0.1) is 4.91 Å². The van der Waals surface area contributed by atoms with Gasteiger partial charge in [0.05, 0.1) is 17.8 Å². The van der Waals surface area contributed by atoms with Crippen LogP contribution < -0.4 is 4.74 Å². The molecule has 2 heterocycles. The SMILES string of the molecule is CCOc1ccccc1-n1c(O)c(N=O)c2ccc3c(c21)CN(CC)CC3. The molecular formula is C21H23N3O3. The highest BCUT2D eigenvalue weighted by atomic mass is 16.5. The van der Waals surface area contributed by atoms with Crippen molar-refractivity contribution in [2.45, 2.75) is 26.8 Å². The molecule has 1 aliphatic rings. The second kappa shape index (κ2) is 7.04. The molecule has 3 aromatic rings. The van der Waals surface area contributed by atoms with Crippen molar-refractivity contribution in [2.75, 3.05) is 19.7 Å². The molecule has 2 aromatic carbocycles. The lowest BCUT2D eigenvalue weighted by Gasteiger charge is -2.28. The van der Waals surface area contributed by atoms with Gasteiger partial charge in [-0.15, -0.1) is 4.91 Å². The fourth-order valence-corrected chi connectivity index (χ4v) is 3.96. The number of aromatic hydroxyl groups is 1. The van der Waals surface area contributed by atoms with Crippen LogP contribution in [0.5, 0.6) is 11.6 Å². The van der Waals surface area contributed by atoms with Crippen molar-refractivity contribution in [3.63, 3.8) is 0 Å². The van der Waals surface area contributed by atoms with Crippen LogP contribution in [0.4, 0.5) is 5.69 Å². The predicted molar refractivity (Wildman–Crippen MR) is 106 cm³/mol. The first-order valence-electron chi connectivity index (χ1n) is 9.35. The van der Waals surface area contributed by atoms with Crippen molar-refractivity contribution in [3.8, 4) is 17.3 Å². The van der Waals surface area contributed by atoms with Gasteiger partial charge in [0.1, 0.15) is 5.75 Å². The molecule has 0 radical (unpaired) electrons. The van der Waals surface area contributed by atoms with Gasteiger partial charge in [0.15, 0.2) is 5.69 Å². The van der Waals surface area contributed by atoms with Crippen LogP contribution >= 0.6 is 0 Å². The molecule has 4 rings (SSSR count). The van der Waals surface area contributed by atoms with Crippen molar-refractivity contribution < 1.29 is 9.84 Å². The van der Waals surface area contributed by atoms with Crippen LogP contribution in [0.25, 0.3) is 16.6 Å². The highest BCUT2D eigenvalue weighted by Crippen LogP contribution is 2.45. The third-order valence-corrected chi connectivity index (χ3v) is 5.31. The molecule has 0 unspecified atom stereocenters. The highest BCUT2D eigenvalue weighted by Gasteiger charge is 2.26. The summed E-state index contributed by atoms with van der Waals surface area (Å²) in [7, 11) is 0. The Morgan fingerprint density at radius 2 is 2.00 bits per heavy atom. The van der Waals surface area contributed by atoms with E-state index in [0.717, 1.165) is 37.1 Å². The Bertz CT molecular complexity index is 1010. The molecule has 0 atom stereocenters. The molecule has 0 aliphatic carbocycles. The van der Waals surface area contributed by atoms with Crippen LogP contribution in [-0.2, 0) is 13.0 Å². The number of para-hydroxylation sites is 2.